The number of rotatable bonds is 2. The van der Waals surface area contributed by atoms with E-state index >= 15 is 0 Å². The lowest BCUT2D eigenvalue weighted by Crippen LogP contribution is -2.18. The summed E-state index contributed by atoms with van der Waals surface area (Å²) in [6, 6.07) is 9.17. The first-order valence-electron chi connectivity index (χ1n) is 4.56. The Labute approximate surface area is 105 Å². The molecule has 84 valence electrons. The van der Waals surface area contributed by atoms with Crippen LogP contribution in [0.3, 0.4) is 0 Å². The number of halogens is 2. The van der Waals surface area contributed by atoms with Gasteiger partial charge in [-0.2, -0.15) is 0 Å². The molecule has 0 bridgehead atoms. The van der Waals surface area contributed by atoms with Gasteiger partial charge < -0.3 is 4.57 Å². The summed E-state index contributed by atoms with van der Waals surface area (Å²) in [6.45, 7) is 0.643. The average molecular weight is 256 g/mol. The highest BCUT2D eigenvalue weighted by Crippen LogP contribution is 2.05. The highest BCUT2D eigenvalue weighted by Gasteiger charge is 1.95. The van der Waals surface area contributed by atoms with E-state index in [-0.39, 0.29) is 12.4 Å². The van der Waals surface area contributed by atoms with Crippen molar-refractivity contribution in [2.75, 3.05) is 0 Å². The number of aromatic nitrogens is 2. The van der Waals surface area contributed by atoms with Gasteiger partial charge in [-0.05, 0) is 23.8 Å². The van der Waals surface area contributed by atoms with Crippen LogP contribution in [-0.4, -0.2) is 9.55 Å². The quantitative estimate of drug-likeness (QED) is 0.824. The Balaban J connectivity index is 0.00000128. The van der Waals surface area contributed by atoms with Crippen molar-refractivity contribution in [2.24, 2.45) is 0 Å². The fourth-order valence-corrected chi connectivity index (χ4v) is 1.42. The zero-order chi connectivity index (χ0) is 10.7. The second kappa shape index (κ2) is 5.68. The van der Waals surface area contributed by atoms with E-state index in [1.54, 1.807) is 18.3 Å². The van der Waals surface area contributed by atoms with Crippen molar-refractivity contribution in [3.05, 3.63) is 58.9 Å². The van der Waals surface area contributed by atoms with E-state index < -0.39 is 0 Å². The maximum atomic E-state index is 7.68. The Bertz CT molecular complexity index is 505. The summed E-state index contributed by atoms with van der Waals surface area (Å²) >= 11 is 5.69. The second-order valence-electron chi connectivity index (χ2n) is 3.20. The molecule has 0 radical (unpaired) electrons. The molecule has 0 aliphatic carbocycles. The lowest BCUT2D eigenvalue weighted by atomic mass is 10.3. The molecule has 1 N–H and O–H groups in total. The number of nitrogens with zero attached hydrogens (tertiary/aromatic N) is 2. The first-order chi connectivity index (χ1) is 7.25. The maximum Gasteiger partial charge on any atom is 0.129 e. The summed E-state index contributed by atoms with van der Waals surface area (Å²) in [5.41, 5.74) is 1.51. The summed E-state index contributed by atoms with van der Waals surface area (Å²) in [7, 11) is 0. The van der Waals surface area contributed by atoms with Gasteiger partial charge in [0, 0.05) is 12.4 Å². The molecule has 2 aromatic heterocycles. The monoisotopic (exact) mass is 255 g/mol. The predicted molar refractivity (Wildman–Crippen MR) is 65.9 cm³/mol. The van der Waals surface area contributed by atoms with Crippen molar-refractivity contribution in [2.45, 2.75) is 6.54 Å². The third-order valence-corrected chi connectivity index (χ3v) is 2.31. The van der Waals surface area contributed by atoms with Gasteiger partial charge in [0.2, 0.25) is 0 Å². The third kappa shape index (κ3) is 3.08. The molecule has 0 saturated heterocycles. The third-order valence-electron chi connectivity index (χ3n) is 2.08. The van der Waals surface area contributed by atoms with Gasteiger partial charge in [-0.25, -0.2) is 4.98 Å². The smallest absolute Gasteiger partial charge is 0.129 e. The van der Waals surface area contributed by atoms with Crippen molar-refractivity contribution >= 4 is 24.0 Å². The van der Waals surface area contributed by atoms with Gasteiger partial charge in [-0.15, -0.1) is 12.4 Å². The van der Waals surface area contributed by atoms with Crippen molar-refractivity contribution in [3.8, 4) is 0 Å². The molecule has 0 spiro atoms. The molecule has 2 rings (SSSR count). The number of pyridine rings is 2. The van der Waals surface area contributed by atoms with E-state index in [0.717, 1.165) is 5.56 Å². The minimum Gasteiger partial charge on any atom is -0.329 e. The molecule has 0 unspecified atom stereocenters. The van der Waals surface area contributed by atoms with Crippen molar-refractivity contribution in [3.63, 3.8) is 0 Å². The van der Waals surface area contributed by atoms with Gasteiger partial charge in [0.25, 0.3) is 0 Å². The van der Waals surface area contributed by atoms with Gasteiger partial charge in [0.1, 0.15) is 10.6 Å². The zero-order valence-electron chi connectivity index (χ0n) is 8.43. The van der Waals surface area contributed by atoms with Crippen LogP contribution in [0.25, 0.3) is 0 Å². The second-order valence-corrected chi connectivity index (χ2v) is 3.59. The van der Waals surface area contributed by atoms with Gasteiger partial charge in [0.15, 0.2) is 0 Å². The Morgan fingerprint density at radius 2 is 2.06 bits per heavy atom. The minimum absolute atomic E-state index is 0. The number of nitrogens with one attached hydrogen (secondary N) is 1. The molecule has 0 saturated carbocycles. The molecule has 0 aliphatic heterocycles. The molecule has 16 heavy (non-hydrogen) atoms. The fourth-order valence-electron chi connectivity index (χ4n) is 1.31. The summed E-state index contributed by atoms with van der Waals surface area (Å²) < 4.78 is 1.84. The topological polar surface area (TPSA) is 41.7 Å². The van der Waals surface area contributed by atoms with Crippen LogP contribution in [0.4, 0.5) is 0 Å². The largest absolute Gasteiger partial charge is 0.329 e. The molecule has 2 aromatic rings. The molecule has 0 aromatic carbocycles. The van der Waals surface area contributed by atoms with Crippen LogP contribution in [-0.2, 0) is 6.54 Å². The first kappa shape index (κ1) is 12.7. The molecule has 0 atom stereocenters. The number of hydrogen-bond acceptors (Lipinski definition) is 2. The molecular weight excluding hydrogens is 245 g/mol. The van der Waals surface area contributed by atoms with Gasteiger partial charge in [-0.1, -0.05) is 23.7 Å². The first-order valence-corrected chi connectivity index (χ1v) is 4.94. The molecule has 0 amide bonds. The van der Waals surface area contributed by atoms with Crippen LogP contribution < -0.4 is 5.49 Å². The zero-order valence-corrected chi connectivity index (χ0v) is 10.0. The molecule has 0 aliphatic rings. The van der Waals surface area contributed by atoms with E-state index in [4.69, 9.17) is 17.0 Å². The Morgan fingerprint density at radius 3 is 2.69 bits per heavy atom. The van der Waals surface area contributed by atoms with E-state index in [0.29, 0.717) is 17.2 Å². The average Bonchev–Trinajstić information content (AvgIpc) is 2.25. The van der Waals surface area contributed by atoms with Crippen LogP contribution >= 0.6 is 24.0 Å². The van der Waals surface area contributed by atoms with E-state index in [1.807, 2.05) is 29.0 Å². The summed E-state index contributed by atoms with van der Waals surface area (Å²) in [4.78, 5) is 4.00. The highest BCUT2D eigenvalue weighted by atomic mass is 35.5. The standard InChI is InChI=1S/C11H10ClN3.ClH/c12-10-5-4-9(7-14-10)8-15-6-2-1-3-11(15)13;/h1-7,13H,8H2;1H. The predicted octanol–water partition coefficient (Wildman–Crippen LogP) is 2.49. The Kier molecular flexibility index (Phi) is 4.52. The van der Waals surface area contributed by atoms with Crippen LogP contribution in [0.1, 0.15) is 5.56 Å². The number of hydrogen-bond donors (Lipinski definition) is 1. The fraction of sp³-hybridized carbons (Fsp3) is 0.0909. The van der Waals surface area contributed by atoms with E-state index in [1.165, 1.54) is 0 Å². The van der Waals surface area contributed by atoms with E-state index in [2.05, 4.69) is 4.98 Å². The van der Waals surface area contributed by atoms with E-state index in [9.17, 15) is 0 Å². The van der Waals surface area contributed by atoms with Gasteiger partial charge in [0.05, 0.1) is 6.54 Å². The Hall–Kier alpha value is -1.32. The van der Waals surface area contributed by atoms with Crippen LogP contribution in [0.15, 0.2) is 42.7 Å². The van der Waals surface area contributed by atoms with Crippen LogP contribution in [0, 0.1) is 5.41 Å². The lowest BCUT2D eigenvalue weighted by Gasteiger charge is -2.05. The van der Waals surface area contributed by atoms with Crippen molar-refractivity contribution < 1.29 is 0 Å². The van der Waals surface area contributed by atoms with Gasteiger partial charge >= 0.3 is 0 Å². The summed E-state index contributed by atoms with van der Waals surface area (Å²) in [6.07, 6.45) is 3.60. The van der Waals surface area contributed by atoms with Crippen LogP contribution in [0.2, 0.25) is 5.15 Å². The van der Waals surface area contributed by atoms with Crippen molar-refractivity contribution in [1.29, 1.82) is 5.41 Å². The maximum absolute atomic E-state index is 7.68. The molecule has 5 heteroatoms. The molecule has 2 heterocycles. The Morgan fingerprint density at radius 1 is 1.25 bits per heavy atom. The molecular formula is C11H11Cl2N3. The van der Waals surface area contributed by atoms with Crippen LogP contribution in [0.5, 0.6) is 0 Å². The lowest BCUT2D eigenvalue weighted by molar-refractivity contribution is 0.729. The molecule has 0 fully saturated rings. The van der Waals surface area contributed by atoms with Gasteiger partial charge in [-0.3, -0.25) is 5.41 Å². The normalized spacial score (nSPS) is 9.56. The molecule has 3 nitrogen and oxygen atoms in total. The summed E-state index contributed by atoms with van der Waals surface area (Å²) in [5.74, 6) is 0. The highest BCUT2D eigenvalue weighted by molar-refractivity contribution is 6.29. The van der Waals surface area contributed by atoms with Crippen molar-refractivity contribution in [1.82, 2.24) is 9.55 Å². The summed E-state index contributed by atoms with van der Waals surface area (Å²) in [5, 5.41) is 8.17. The minimum atomic E-state index is 0. The SMILES string of the molecule is Cl.N=c1ccccn1Cc1ccc(Cl)nc1.